The summed E-state index contributed by atoms with van der Waals surface area (Å²) in [5, 5.41) is 3.17. The Hall–Kier alpha value is -3.27. The van der Waals surface area contributed by atoms with Crippen LogP contribution in [0.15, 0.2) is 77.2 Å². The number of nitrogens with zero attached hydrogens (tertiary/aromatic N) is 1. The molecule has 118 valence electrons. The van der Waals surface area contributed by atoms with Crippen LogP contribution in [0.25, 0.3) is 11.1 Å². The molecule has 4 rings (SSSR count). The first-order valence-corrected chi connectivity index (χ1v) is 7.73. The number of oxazole rings is 1. The van der Waals surface area contributed by atoms with Gasteiger partial charge in [-0.1, -0.05) is 24.3 Å². The Labute approximate surface area is 139 Å². The van der Waals surface area contributed by atoms with Crippen LogP contribution >= 0.6 is 0 Å². The highest BCUT2D eigenvalue weighted by atomic mass is 16.5. The van der Waals surface area contributed by atoms with Gasteiger partial charge < -0.3 is 14.5 Å². The summed E-state index contributed by atoms with van der Waals surface area (Å²) in [6, 6.07) is 23.8. The Kier molecular flexibility index (Phi) is 3.63. The van der Waals surface area contributed by atoms with Gasteiger partial charge in [0.15, 0.2) is 5.58 Å². The number of ether oxygens (including phenoxy) is 1. The number of fused-ring (bicyclic) bond motifs is 1. The second kappa shape index (κ2) is 6.08. The van der Waals surface area contributed by atoms with Crippen molar-refractivity contribution in [3.63, 3.8) is 0 Å². The summed E-state index contributed by atoms with van der Waals surface area (Å²) in [5.41, 5.74) is 3.66. The number of aromatic nitrogens is 1. The van der Waals surface area contributed by atoms with Crippen molar-refractivity contribution in [3.8, 4) is 11.5 Å². The van der Waals surface area contributed by atoms with Crippen molar-refractivity contribution in [3.05, 3.63) is 78.4 Å². The number of nitrogens with one attached hydrogen (secondary N) is 1. The molecule has 4 aromatic rings. The minimum absolute atomic E-state index is 0.479. The van der Waals surface area contributed by atoms with Gasteiger partial charge in [-0.15, -0.1) is 0 Å². The van der Waals surface area contributed by atoms with Crippen molar-refractivity contribution < 1.29 is 9.15 Å². The summed E-state index contributed by atoms with van der Waals surface area (Å²) in [7, 11) is 0. The summed E-state index contributed by atoms with van der Waals surface area (Å²) in [5.74, 6) is 1.59. The van der Waals surface area contributed by atoms with E-state index in [2.05, 4.69) is 10.3 Å². The quantitative estimate of drug-likeness (QED) is 0.527. The van der Waals surface area contributed by atoms with Crippen LogP contribution in [0.2, 0.25) is 0 Å². The number of aryl methyl sites for hydroxylation is 1. The molecule has 0 aliphatic rings. The zero-order chi connectivity index (χ0) is 16.4. The number of hydrogen-bond donors (Lipinski definition) is 1. The summed E-state index contributed by atoms with van der Waals surface area (Å²) in [4.78, 5) is 4.45. The molecule has 0 bridgehead atoms. The molecular weight excluding hydrogens is 300 g/mol. The van der Waals surface area contributed by atoms with Crippen LogP contribution < -0.4 is 10.1 Å². The standard InChI is InChI=1S/C20H16N2O2/c1-14-7-12-19-18(13-14)22-20(24-19)21-15-8-10-17(11-9-15)23-16-5-3-2-4-6-16/h2-13H,1H3,(H,21,22). The Morgan fingerprint density at radius 3 is 2.42 bits per heavy atom. The molecule has 0 amide bonds. The van der Waals surface area contributed by atoms with Gasteiger partial charge in [-0.25, -0.2) is 0 Å². The van der Waals surface area contributed by atoms with Crippen molar-refractivity contribution in [1.82, 2.24) is 4.98 Å². The van der Waals surface area contributed by atoms with Crippen LogP contribution in [0.4, 0.5) is 11.7 Å². The van der Waals surface area contributed by atoms with Gasteiger partial charge in [0.25, 0.3) is 6.01 Å². The molecule has 0 aliphatic carbocycles. The predicted molar refractivity (Wildman–Crippen MR) is 95.0 cm³/mol. The Morgan fingerprint density at radius 2 is 1.62 bits per heavy atom. The van der Waals surface area contributed by atoms with Gasteiger partial charge in [0, 0.05) is 5.69 Å². The highest BCUT2D eigenvalue weighted by molar-refractivity contribution is 5.76. The molecule has 4 nitrogen and oxygen atoms in total. The van der Waals surface area contributed by atoms with E-state index in [0.717, 1.165) is 33.8 Å². The molecule has 1 N–H and O–H groups in total. The van der Waals surface area contributed by atoms with Crippen LogP contribution in [0.3, 0.4) is 0 Å². The molecule has 1 aromatic heterocycles. The average Bonchev–Trinajstić information content (AvgIpc) is 2.99. The topological polar surface area (TPSA) is 47.3 Å². The molecule has 3 aromatic carbocycles. The van der Waals surface area contributed by atoms with E-state index in [-0.39, 0.29) is 0 Å². The lowest BCUT2D eigenvalue weighted by molar-refractivity contribution is 0.483. The number of hydrogen-bond acceptors (Lipinski definition) is 4. The summed E-state index contributed by atoms with van der Waals surface area (Å²) in [6.45, 7) is 2.03. The normalized spacial score (nSPS) is 10.7. The summed E-state index contributed by atoms with van der Waals surface area (Å²) >= 11 is 0. The Balaban J connectivity index is 1.50. The van der Waals surface area contributed by atoms with Crippen molar-refractivity contribution >= 4 is 22.8 Å². The fraction of sp³-hybridized carbons (Fsp3) is 0.0500. The van der Waals surface area contributed by atoms with Gasteiger partial charge in [0.05, 0.1) is 0 Å². The molecule has 0 unspecified atom stereocenters. The molecule has 0 saturated heterocycles. The smallest absolute Gasteiger partial charge is 0.300 e. The zero-order valence-corrected chi connectivity index (χ0v) is 13.2. The lowest BCUT2D eigenvalue weighted by Gasteiger charge is -2.06. The van der Waals surface area contributed by atoms with E-state index in [4.69, 9.17) is 9.15 Å². The first kappa shape index (κ1) is 14.3. The van der Waals surface area contributed by atoms with Crippen LogP contribution in [0, 0.1) is 6.92 Å². The Bertz CT molecular complexity index is 960. The predicted octanol–water partition coefficient (Wildman–Crippen LogP) is 5.67. The number of rotatable bonds is 4. The van der Waals surface area contributed by atoms with Crippen LogP contribution in [0.1, 0.15) is 5.56 Å². The molecule has 0 radical (unpaired) electrons. The molecule has 1 heterocycles. The minimum Gasteiger partial charge on any atom is -0.457 e. The van der Waals surface area contributed by atoms with Crippen molar-refractivity contribution in [1.29, 1.82) is 0 Å². The monoisotopic (exact) mass is 316 g/mol. The second-order valence-corrected chi connectivity index (χ2v) is 5.55. The summed E-state index contributed by atoms with van der Waals surface area (Å²) in [6.07, 6.45) is 0. The van der Waals surface area contributed by atoms with Crippen molar-refractivity contribution in [2.24, 2.45) is 0 Å². The maximum Gasteiger partial charge on any atom is 0.300 e. The average molecular weight is 316 g/mol. The van der Waals surface area contributed by atoms with E-state index in [9.17, 15) is 0 Å². The van der Waals surface area contributed by atoms with Crippen LogP contribution in [-0.2, 0) is 0 Å². The van der Waals surface area contributed by atoms with E-state index < -0.39 is 0 Å². The fourth-order valence-corrected chi connectivity index (χ4v) is 2.45. The molecule has 0 atom stereocenters. The molecular formula is C20H16N2O2. The number of anilines is 2. The van der Waals surface area contributed by atoms with E-state index >= 15 is 0 Å². The molecule has 0 fully saturated rings. The van der Waals surface area contributed by atoms with Gasteiger partial charge >= 0.3 is 0 Å². The molecule has 4 heteroatoms. The molecule has 0 spiro atoms. The maximum absolute atomic E-state index is 5.78. The van der Waals surface area contributed by atoms with Crippen molar-refractivity contribution in [2.45, 2.75) is 6.92 Å². The summed E-state index contributed by atoms with van der Waals surface area (Å²) < 4.78 is 11.5. The lowest BCUT2D eigenvalue weighted by Crippen LogP contribution is -1.90. The zero-order valence-electron chi connectivity index (χ0n) is 13.2. The molecule has 0 saturated carbocycles. The first-order valence-electron chi connectivity index (χ1n) is 7.73. The fourth-order valence-electron chi connectivity index (χ4n) is 2.45. The minimum atomic E-state index is 0.479. The van der Waals surface area contributed by atoms with Gasteiger partial charge in [-0.05, 0) is 61.0 Å². The Morgan fingerprint density at radius 1 is 0.875 bits per heavy atom. The van der Waals surface area contributed by atoms with E-state index in [1.807, 2.05) is 79.7 Å². The van der Waals surface area contributed by atoms with Crippen molar-refractivity contribution in [2.75, 3.05) is 5.32 Å². The van der Waals surface area contributed by atoms with E-state index in [0.29, 0.717) is 6.01 Å². The van der Waals surface area contributed by atoms with Gasteiger partial charge in [0.1, 0.15) is 17.0 Å². The number of para-hydroxylation sites is 1. The second-order valence-electron chi connectivity index (χ2n) is 5.55. The third-order valence-corrected chi connectivity index (χ3v) is 3.63. The van der Waals surface area contributed by atoms with Crippen LogP contribution in [0.5, 0.6) is 11.5 Å². The maximum atomic E-state index is 5.78. The number of benzene rings is 3. The highest BCUT2D eigenvalue weighted by Crippen LogP contribution is 2.26. The van der Waals surface area contributed by atoms with Gasteiger partial charge in [0.2, 0.25) is 0 Å². The largest absolute Gasteiger partial charge is 0.457 e. The van der Waals surface area contributed by atoms with E-state index in [1.165, 1.54) is 0 Å². The molecule has 24 heavy (non-hydrogen) atoms. The third kappa shape index (κ3) is 3.08. The van der Waals surface area contributed by atoms with E-state index in [1.54, 1.807) is 0 Å². The SMILES string of the molecule is Cc1ccc2oc(Nc3ccc(Oc4ccccc4)cc3)nc2c1. The molecule has 0 aliphatic heterocycles. The first-order chi connectivity index (χ1) is 11.8. The highest BCUT2D eigenvalue weighted by Gasteiger charge is 2.06. The third-order valence-electron chi connectivity index (χ3n) is 3.63. The van der Waals surface area contributed by atoms with Gasteiger partial charge in [-0.2, -0.15) is 4.98 Å². The van der Waals surface area contributed by atoms with Crippen LogP contribution in [-0.4, -0.2) is 4.98 Å². The lowest BCUT2D eigenvalue weighted by atomic mass is 10.2. The van der Waals surface area contributed by atoms with Gasteiger partial charge in [-0.3, -0.25) is 0 Å².